The molecule has 0 bridgehead atoms. The highest BCUT2D eigenvalue weighted by molar-refractivity contribution is 5.86. The second-order valence-electron chi connectivity index (χ2n) is 4.58. The number of amides is 1. The van der Waals surface area contributed by atoms with E-state index in [-0.39, 0.29) is 19.0 Å². The van der Waals surface area contributed by atoms with Crippen molar-refractivity contribution in [2.45, 2.75) is 6.61 Å². The molecule has 0 saturated carbocycles. The zero-order valence-electron chi connectivity index (χ0n) is 12.2. The third kappa shape index (κ3) is 4.93. The van der Waals surface area contributed by atoms with Crippen LogP contribution in [-0.2, 0) is 11.3 Å². The van der Waals surface area contributed by atoms with E-state index in [2.05, 4.69) is 4.74 Å². The highest BCUT2D eigenvalue weighted by Crippen LogP contribution is 2.19. The zero-order valence-corrected chi connectivity index (χ0v) is 12.2. The van der Waals surface area contributed by atoms with Crippen LogP contribution in [0.15, 0.2) is 48.5 Å². The molecule has 0 aliphatic heterocycles. The molecule has 0 unspecified atom stereocenters. The van der Waals surface area contributed by atoms with E-state index in [0.29, 0.717) is 11.4 Å². The molecule has 23 heavy (non-hydrogen) atoms. The molecule has 0 atom stereocenters. The summed E-state index contributed by atoms with van der Waals surface area (Å²) in [5.74, 6) is 5.82. The van der Waals surface area contributed by atoms with Crippen LogP contribution in [0, 0.1) is 5.82 Å². The molecule has 0 aliphatic carbocycles. The summed E-state index contributed by atoms with van der Waals surface area (Å²) in [6, 6.07) is 12.4. The molecule has 0 heterocycles. The summed E-state index contributed by atoms with van der Waals surface area (Å²) in [4.78, 5) is 11.5. The van der Waals surface area contributed by atoms with E-state index in [1.54, 1.807) is 36.4 Å². The Balaban J connectivity index is 1.91. The van der Waals surface area contributed by atoms with Crippen LogP contribution in [-0.4, -0.2) is 19.4 Å². The Morgan fingerprint density at radius 3 is 2.35 bits per heavy atom. The fraction of sp³-hybridized carbons (Fsp3) is 0.188. The smallest absolute Gasteiger partial charge is 0.428 e. The Hall–Kier alpha value is -2.67. The van der Waals surface area contributed by atoms with Crippen molar-refractivity contribution in [2.24, 2.45) is 5.84 Å². The summed E-state index contributed by atoms with van der Waals surface area (Å²) >= 11 is 0. The van der Waals surface area contributed by atoms with Crippen LogP contribution in [0.25, 0.3) is 0 Å². The molecule has 0 spiro atoms. The first-order valence-corrected chi connectivity index (χ1v) is 6.85. The van der Waals surface area contributed by atoms with Crippen molar-refractivity contribution in [3.63, 3.8) is 0 Å². The first kappa shape index (κ1) is 16.7. The summed E-state index contributed by atoms with van der Waals surface area (Å²) in [7, 11) is 0. The van der Waals surface area contributed by atoms with E-state index < -0.39 is 12.8 Å². The molecule has 2 aromatic rings. The fourth-order valence-corrected chi connectivity index (χ4v) is 1.75. The van der Waals surface area contributed by atoms with Gasteiger partial charge in [-0.15, -0.1) is 0 Å². The van der Waals surface area contributed by atoms with Gasteiger partial charge in [0.1, 0.15) is 31.5 Å². The average molecular weight is 322 g/mol. The van der Waals surface area contributed by atoms with Crippen molar-refractivity contribution in [3.05, 3.63) is 59.9 Å². The number of rotatable bonds is 6. The first-order valence-electron chi connectivity index (χ1n) is 6.85. The minimum atomic E-state index is -0.845. The Bertz CT molecular complexity index is 633. The lowest BCUT2D eigenvalue weighted by Crippen LogP contribution is -2.38. The van der Waals surface area contributed by atoms with Crippen LogP contribution in [0.1, 0.15) is 5.56 Å². The van der Waals surface area contributed by atoms with Crippen molar-refractivity contribution in [1.82, 2.24) is 0 Å². The molecule has 2 N–H and O–H groups in total. The van der Waals surface area contributed by atoms with Gasteiger partial charge in [-0.2, -0.15) is 0 Å². The van der Waals surface area contributed by atoms with Crippen LogP contribution in [0.3, 0.4) is 0 Å². The maximum Gasteiger partial charge on any atom is 0.428 e. The van der Waals surface area contributed by atoms with Crippen molar-refractivity contribution < 1.29 is 23.0 Å². The lowest BCUT2D eigenvalue weighted by molar-refractivity contribution is 0.145. The van der Waals surface area contributed by atoms with Gasteiger partial charge < -0.3 is 9.47 Å². The van der Waals surface area contributed by atoms with Gasteiger partial charge in [0.2, 0.25) is 0 Å². The molecule has 2 aromatic carbocycles. The van der Waals surface area contributed by atoms with Gasteiger partial charge in [0.25, 0.3) is 0 Å². The van der Waals surface area contributed by atoms with E-state index in [4.69, 9.17) is 10.6 Å². The second-order valence-corrected chi connectivity index (χ2v) is 4.58. The number of hydrogen-bond donors (Lipinski definition) is 1. The number of carbonyl (C=O) groups excluding carboxylic acids is 1. The maximum atomic E-state index is 12.8. The third-order valence-electron chi connectivity index (χ3n) is 2.93. The van der Waals surface area contributed by atoms with Crippen molar-refractivity contribution >= 4 is 11.8 Å². The van der Waals surface area contributed by atoms with Crippen molar-refractivity contribution in [3.8, 4) is 5.75 Å². The molecule has 0 radical (unpaired) electrons. The number of hydrazine groups is 1. The molecule has 5 nitrogen and oxygen atoms in total. The van der Waals surface area contributed by atoms with E-state index in [1.807, 2.05) is 0 Å². The predicted octanol–water partition coefficient (Wildman–Crippen LogP) is 3.19. The van der Waals surface area contributed by atoms with Gasteiger partial charge in [-0.3, -0.25) is 0 Å². The van der Waals surface area contributed by atoms with E-state index >= 15 is 0 Å². The minimum absolute atomic E-state index is 0.282. The lowest BCUT2D eigenvalue weighted by Gasteiger charge is -2.16. The van der Waals surface area contributed by atoms with Gasteiger partial charge in [-0.1, -0.05) is 12.1 Å². The average Bonchev–Trinajstić information content (AvgIpc) is 2.59. The highest BCUT2D eigenvalue weighted by Gasteiger charge is 2.13. The molecule has 0 saturated heterocycles. The number of anilines is 1. The van der Waals surface area contributed by atoms with E-state index in [9.17, 15) is 13.6 Å². The standard InChI is InChI=1S/C16H16F2N2O3/c17-9-10-22-16(21)20(19)14-5-7-15(8-6-14)23-11-12-1-3-13(18)4-2-12/h1-8H,9-11,19H2. The van der Waals surface area contributed by atoms with Gasteiger partial charge in [-0.25, -0.2) is 24.4 Å². The number of nitrogens with two attached hydrogens (primary N) is 1. The molecule has 0 fully saturated rings. The summed E-state index contributed by atoms with van der Waals surface area (Å²) in [5.41, 5.74) is 1.20. The summed E-state index contributed by atoms with van der Waals surface area (Å²) < 4.78 is 34.9. The Morgan fingerprint density at radius 2 is 1.74 bits per heavy atom. The van der Waals surface area contributed by atoms with Gasteiger partial charge in [0.05, 0.1) is 5.69 Å². The molecule has 0 aliphatic rings. The molecule has 7 heteroatoms. The van der Waals surface area contributed by atoms with Crippen molar-refractivity contribution in [2.75, 3.05) is 18.3 Å². The van der Waals surface area contributed by atoms with Gasteiger partial charge >= 0.3 is 6.09 Å². The Kier molecular flexibility index (Phi) is 5.87. The van der Waals surface area contributed by atoms with Crippen LogP contribution in [0.5, 0.6) is 5.75 Å². The molecular formula is C16H16F2N2O3. The van der Waals surface area contributed by atoms with Crippen LogP contribution < -0.4 is 15.6 Å². The van der Waals surface area contributed by atoms with Gasteiger partial charge in [-0.05, 0) is 42.0 Å². The van der Waals surface area contributed by atoms with E-state index in [0.717, 1.165) is 10.6 Å². The number of alkyl halides is 1. The third-order valence-corrected chi connectivity index (χ3v) is 2.93. The van der Waals surface area contributed by atoms with Gasteiger partial charge in [0, 0.05) is 0 Å². The largest absolute Gasteiger partial charge is 0.489 e. The molecule has 2 rings (SSSR count). The predicted molar refractivity (Wildman–Crippen MR) is 81.2 cm³/mol. The summed E-state index contributed by atoms with van der Waals surface area (Å²) in [6.45, 7) is -0.828. The second kappa shape index (κ2) is 8.09. The van der Waals surface area contributed by atoms with Crippen LogP contribution in [0.4, 0.5) is 19.3 Å². The quantitative estimate of drug-likeness (QED) is 0.504. The minimum Gasteiger partial charge on any atom is -0.489 e. The lowest BCUT2D eigenvalue weighted by atomic mass is 10.2. The number of nitrogens with zero attached hydrogens (tertiary/aromatic N) is 1. The molecule has 0 aromatic heterocycles. The number of benzene rings is 2. The molecule has 1 amide bonds. The first-order chi connectivity index (χ1) is 11.1. The number of hydrogen-bond acceptors (Lipinski definition) is 4. The zero-order chi connectivity index (χ0) is 16.7. The summed E-state index contributed by atoms with van der Waals surface area (Å²) in [6.07, 6.45) is -0.845. The Morgan fingerprint density at radius 1 is 1.09 bits per heavy atom. The topological polar surface area (TPSA) is 64.8 Å². The number of ether oxygens (including phenoxy) is 2. The monoisotopic (exact) mass is 322 g/mol. The van der Waals surface area contributed by atoms with Crippen LogP contribution >= 0.6 is 0 Å². The van der Waals surface area contributed by atoms with Gasteiger partial charge in [0.15, 0.2) is 0 Å². The number of halogens is 2. The van der Waals surface area contributed by atoms with Crippen LogP contribution in [0.2, 0.25) is 0 Å². The fourth-order valence-electron chi connectivity index (χ4n) is 1.75. The van der Waals surface area contributed by atoms with Crippen molar-refractivity contribution in [1.29, 1.82) is 0 Å². The Labute approximate surface area is 132 Å². The SMILES string of the molecule is NN(C(=O)OCCF)c1ccc(OCc2ccc(F)cc2)cc1. The summed E-state index contributed by atoms with van der Waals surface area (Å²) in [5, 5.41) is 0.777. The normalized spacial score (nSPS) is 10.2. The highest BCUT2D eigenvalue weighted by atomic mass is 19.1. The maximum absolute atomic E-state index is 12.8. The molecule has 122 valence electrons. The van der Waals surface area contributed by atoms with E-state index in [1.165, 1.54) is 12.1 Å². The molecular weight excluding hydrogens is 306 g/mol. The number of carbonyl (C=O) groups is 1.